The van der Waals surface area contributed by atoms with Gasteiger partial charge in [0.1, 0.15) is 5.76 Å². The monoisotopic (exact) mass is 333 g/mol. The van der Waals surface area contributed by atoms with E-state index in [0.717, 1.165) is 55.9 Å². The lowest BCUT2D eigenvalue weighted by Crippen LogP contribution is -2.46. The summed E-state index contributed by atoms with van der Waals surface area (Å²) in [6.45, 7) is 14.9. The average molecular weight is 333 g/mol. The van der Waals surface area contributed by atoms with E-state index in [1.165, 1.54) is 0 Å². The Hall–Kier alpha value is -1.73. The number of oxazole rings is 1. The Balaban J connectivity index is 1.54. The van der Waals surface area contributed by atoms with E-state index < -0.39 is 0 Å². The Bertz CT molecular complexity index is 651. The summed E-state index contributed by atoms with van der Waals surface area (Å²) in [4.78, 5) is 13.8. The molecular weight excluding hydrogens is 306 g/mol. The van der Waals surface area contributed by atoms with Crippen molar-refractivity contribution in [1.82, 2.24) is 24.9 Å². The van der Waals surface area contributed by atoms with Crippen LogP contribution in [0.1, 0.15) is 61.8 Å². The van der Waals surface area contributed by atoms with Gasteiger partial charge < -0.3 is 8.94 Å². The van der Waals surface area contributed by atoms with Crippen molar-refractivity contribution < 1.29 is 8.94 Å². The third-order valence-electron chi connectivity index (χ3n) is 4.72. The van der Waals surface area contributed by atoms with Crippen LogP contribution in [0.15, 0.2) is 8.94 Å². The summed E-state index contributed by atoms with van der Waals surface area (Å²) in [6.07, 6.45) is 0. The fraction of sp³-hybridized carbons (Fsp3) is 0.706. The molecule has 1 saturated heterocycles. The largest absolute Gasteiger partial charge is 0.444 e. The van der Waals surface area contributed by atoms with Crippen molar-refractivity contribution in [3.8, 4) is 0 Å². The number of piperazine rings is 1. The van der Waals surface area contributed by atoms with Crippen LogP contribution in [0.3, 0.4) is 0 Å². The normalized spacial score (nSPS) is 18.4. The number of nitrogens with zero attached hydrogens (tertiary/aromatic N) is 5. The standard InChI is InChI=1S/C17H27N5O2/c1-11(2)16-19-17(24-20-16)13(4)22-8-6-21(7-9-22)10-15-18-12(3)14(5)23-15/h11,13H,6-10H2,1-5H3/t13-/m0/s1. The fourth-order valence-corrected chi connectivity index (χ4v) is 2.91. The molecule has 3 heterocycles. The van der Waals surface area contributed by atoms with Crippen molar-refractivity contribution in [3.63, 3.8) is 0 Å². The lowest BCUT2D eigenvalue weighted by Gasteiger charge is -2.36. The highest BCUT2D eigenvalue weighted by molar-refractivity contribution is 5.05. The number of aryl methyl sites for hydroxylation is 2. The van der Waals surface area contributed by atoms with Gasteiger partial charge in [-0.05, 0) is 20.8 Å². The van der Waals surface area contributed by atoms with Crippen LogP contribution in [-0.4, -0.2) is 51.1 Å². The van der Waals surface area contributed by atoms with Gasteiger partial charge in [0.05, 0.1) is 18.3 Å². The van der Waals surface area contributed by atoms with Gasteiger partial charge in [0.2, 0.25) is 11.8 Å². The van der Waals surface area contributed by atoms with E-state index in [2.05, 4.69) is 45.7 Å². The molecule has 1 atom stereocenters. The molecule has 0 amide bonds. The van der Waals surface area contributed by atoms with Crippen molar-refractivity contribution in [3.05, 3.63) is 29.1 Å². The summed E-state index contributed by atoms with van der Waals surface area (Å²) in [5.41, 5.74) is 0.981. The highest BCUT2D eigenvalue weighted by Crippen LogP contribution is 2.22. The Labute approximate surface area is 143 Å². The number of aromatic nitrogens is 3. The van der Waals surface area contributed by atoms with Crippen LogP contribution in [0.25, 0.3) is 0 Å². The van der Waals surface area contributed by atoms with Gasteiger partial charge in [-0.1, -0.05) is 19.0 Å². The van der Waals surface area contributed by atoms with Crippen LogP contribution in [0.5, 0.6) is 0 Å². The van der Waals surface area contributed by atoms with Crippen molar-refractivity contribution in [2.75, 3.05) is 26.2 Å². The predicted octanol–water partition coefficient (Wildman–Crippen LogP) is 2.68. The molecule has 24 heavy (non-hydrogen) atoms. The van der Waals surface area contributed by atoms with Gasteiger partial charge in [0.15, 0.2) is 5.82 Å². The van der Waals surface area contributed by atoms with Gasteiger partial charge in [-0.25, -0.2) is 4.98 Å². The van der Waals surface area contributed by atoms with Crippen LogP contribution in [0.2, 0.25) is 0 Å². The molecule has 1 aliphatic heterocycles. The Morgan fingerprint density at radius 1 is 1.04 bits per heavy atom. The first-order valence-electron chi connectivity index (χ1n) is 8.67. The molecule has 0 saturated carbocycles. The summed E-state index contributed by atoms with van der Waals surface area (Å²) in [5.74, 6) is 3.51. The zero-order valence-corrected chi connectivity index (χ0v) is 15.2. The van der Waals surface area contributed by atoms with Gasteiger partial charge >= 0.3 is 0 Å². The summed E-state index contributed by atoms with van der Waals surface area (Å²) in [5, 5.41) is 4.07. The first kappa shape index (κ1) is 17.1. The Morgan fingerprint density at radius 2 is 1.75 bits per heavy atom. The lowest BCUT2D eigenvalue weighted by atomic mass is 10.2. The van der Waals surface area contributed by atoms with Crippen molar-refractivity contribution >= 4 is 0 Å². The van der Waals surface area contributed by atoms with E-state index >= 15 is 0 Å². The molecule has 1 fully saturated rings. The van der Waals surface area contributed by atoms with E-state index in [0.29, 0.717) is 11.8 Å². The zero-order valence-electron chi connectivity index (χ0n) is 15.2. The van der Waals surface area contributed by atoms with Crippen LogP contribution in [0, 0.1) is 13.8 Å². The minimum atomic E-state index is 0.151. The molecule has 7 nitrogen and oxygen atoms in total. The molecule has 2 aromatic heterocycles. The third kappa shape index (κ3) is 3.67. The highest BCUT2D eigenvalue weighted by atomic mass is 16.5. The second-order valence-corrected chi connectivity index (χ2v) is 6.88. The summed E-state index contributed by atoms with van der Waals surface area (Å²) in [6, 6.07) is 0.151. The van der Waals surface area contributed by atoms with E-state index in [1.54, 1.807) is 0 Å². The molecular formula is C17H27N5O2. The van der Waals surface area contributed by atoms with Crippen LogP contribution in [0.4, 0.5) is 0 Å². The summed E-state index contributed by atoms with van der Waals surface area (Å²) < 4.78 is 11.1. The fourth-order valence-electron chi connectivity index (χ4n) is 2.91. The first-order chi connectivity index (χ1) is 11.4. The molecule has 3 rings (SSSR count). The minimum absolute atomic E-state index is 0.151. The molecule has 0 aromatic carbocycles. The Kier molecular flexibility index (Phi) is 5.01. The lowest BCUT2D eigenvalue weighted by molar-refractivity contribution is 0.0796. The maximum absolute atomic E-state index is 5.69. The van der Waals surface area contributed by atoms with Gasteiger partial charge in [-0.2, -0.15) is 4.98 Å². The number of hydrogen-bond donors (Lipinski definition) is 0. The predicted molar refractivity (Wildman–Crippen MR) is 89.6 cm³/mol. The maximum atomic E-state index is 5.69. The van der Waals surface area contributed by atoms with Crippen LogP contribution < -0.4 is 0 Å². The van der Waals surface area contributed by atoms with Gasteiger partial charge in [0.25, 0.3) is 0 Å². The third-order valence-corrected chi connectivity index (χ3v) is 4.72. The summed E-state index contributed by atoms with van der Waals surface area (Å²) in [7, 11) is 0. The van der Waals surface area contributed by atoms with Gasteiger partial charge in [0, 0.05) is 32.1 Å². The molecule has 132 valence electrons. The number of rotatable bonds is 5. The molecule has 0 radical (unpaired) electrons. The minimum Gasteiger partial charge on any atom is -0.444 e. The van der Waals surface area contributed by atoms with E-state index in [4.69, 9.17) is 8.94 Å². The quantitative estimate of drug-likeness (QED) is 0.833. The van der Waals surface area contributed by atoms with E-state index in [1.807, 2.05) is 13.8 Å². The summed E-state index contributed by atoms with van der Waals surface area (Å²) >= 11 is 0. The van der Waals surface area contributed by atoms with E-state index in [9.17, 15) is 0 Å². The second-order valence-electron chi connectivity index (χ2n) is 6.88. The van der Waals surface area contributed by atoms with Crippen molar-refractivity contribution in [2.45, 2.75) is 53.1 Å². The molecule has 7 heteroatoms. The van der Waals surface area contributed by atoms with E-state index in [-0.39, 0.29) is 6.04 Å². The molecule has 1 aliphatic rings. The molecule has 0 spiro atoms. The molecule has 2 aromatic rings. The van der Waals surface area contributed by atoms with Crippen LogP contribution in [-0.2, 0) is 6.54 Å². The SMILES string of the molecule is Cc1nc(CN2CCN([C@@H](C)c3nc(C(C)C)no3)CC2)oc1C. The smallest absolute Gasteiger partial charge is 0.243 e. The molecule has 0 bridgehead atoms. The molecule has 0 unspecified atom stereocenters. The second kappa shape index (κ2) is 7.03. The first-order valence-corrected chi connectivity index (χ1v) is 8.67. The highest BCUT2D eigenvalue weighted by Gasteiger charge is 2.26. The molecule has 0 aliphatic carbocycles. The topological polar surface area (TPSA) is 71.4 Å². The van der Waals surface area contributed by atoms with Crippen molar-refractivity contribution in [1.29, 1.82) is 0 Å². The average Bonchev–Trinajstić information content (AvgIpc) is 3.15. The van der Waals surface area contributed by atoms with Gasteiger partial charge in [-0.15, -0.1) is 0 Å². The van der Waals surface area contributed by atoms with Crippen LogP contribution >= 0.6 is 0 Å². The molecule has 0 N–H and O–H groups in total. The van der Waals surface area contributed by atoms with Gasteiger partial charge in [-0.3, -0.25) is 9.80 Å². The zero-order chi connectivity index (χ0) is 17.3. The van der Waals surface area contributed by atoms with Crippen molar-refractivity contribution in [2.24, 2.45) is 0 Å². The maximum Gasteiger partial charge on any atom is 0.243 e. The number of hydrogen-bond acceptors (Lipinski definition) is 7. The Morgan fingerprint density at radius 3 is 2.29 bits per heavy atom.